The summed E-state index contributed by atoms with van der Waals surface area (Å²) in [6.45, 7) is 0.416. The number of benzene rings is 2. The highest BCUT2D eigenvalue weighted by Crippen LogP contribution is 2.24. The number of rotatable bonds is 8. The molecule has 1 N–H and O–H groups in total. The van der Waals surface area contributed by atoms with Gasteiger partial charge < -0.3 is 24.4 Å². The van der Waals surface area contributed by atoms with Crippen LogP contribution in [0.5, 0.6) is 11.5 Å². The Hall–Kier alpha value is -3.55. The zero-order valence-corrected chi connectivity index (χ0v) is 17.0. The summed E-state index contributed by atoms with van der Waals surface area (Å²) in [6.07, 6.45) is 1.39. The Bertz CT molecular complexity index is 926. The molecule has 8 heteroatoms. The van der Waals surface area contributed by atoms with Crippen molar-refractivity contribution in [1.82, 2.24) is 5.32 Å². The molecule has 0 spiro atoms. The smallest absolute Gasteiger partial charge is 0.325 e. The number of nitrogens with zero attached hydrogens (tertiary/aromatic N) is 1. The average molecular weight is 412 g/mol. The number of methoxy groups -OCH3 is 2. The number of amides is 2. The maximum Gasteiger partial charge on any atom is 0.325 e. The van der Waals surface area contributed by atoms with Crippen molar-refractivity contribution in [3.05, 3.63) is 53.6 Å². The van der Waals surface area contributed by atoms with Crippen LogP contribution in [-0.4, -0.2) is 45.1 Å². The average Bonchev–Trinajstić information content (AvgIpc) is 3.21. The van der Waals surface area contributed by atoms with Crippen molar-refractivity contribution < 1.29 is 28.6 Å². The Labute approximate surface area is 174 Å². The van der Waals surface area contributed by atoms with Gasteiger partial charge in [-0.2, -0.15) is 0 Å². The van der Waals surface area contributed by atoms with Crippen molar-refractivity contribution in [2.45, 2.75) is 19.4 Å². The van der Waals surface area contributed by atoms with Gasteiger partial charge in [0.25, 0.3) is 5.91 Å². The molecule has 2 amide bonds. The molecule has 0 radical (unpaired) electrons. The molecule has 2 aromatic rings. The molecule has 0 bridgehead atoms. The van der Waals surface area contributed by atoms with Crippen molar-refractivity contribution in [3.8, 4) is 11.5 Å². The molecule has 0 saturated carbocycles. The van der Waals surface area contributed by atoms with Crippen molar-refractivity contribution in [2.75, 3.05) is 32.2 Å². The molecule has 30 heavy (non-hydrogen) atoms. The lowest BCUT2D eigenvalue weighted by Gasteiger charge is -2.15. The molecule has 1 saturated heterocycles. The van der Waals surface area contributed by atoms with Crippen LogP contribution in [-0.2, 0) is 20.9 Å². The third-order valence-electron chi connectivity index (χ3n) is 4.78. The van der Waals surface area contributed by atoms with E-state index in [0.717, 1.165) is 12.1 Å². The largest absolute Gasteiger partial charge is 0.497 e. The minimum absolute atomic E-state index is 0.00631. The molecule has 158 valence electrons. The SMILES string of the molecule is COc1ccc(OC)c(COC(=O)CNC(=O)c2ccc(N3CCCC3=O)cc2)c1. The third-order valence-corrected chi connectivity index (χ3v) is 4.78. The normalized spacial score (nSPS) is 13.1. The van der Waals surface area contributed by atoms with Gasteiger partial charge in [0.2, 0.25) is 5.91 Å². The van der Waals surface area contributed by atoms with Gasteiger partial charge in [0.05, 0.1) is 14.2 Å². The Kier molecular flexibility index (Phi) is 6.90. The second-order valence-corrected chi connectivity index (χ2v) is 6.72. The van der Waals surface area contributed by atoms with Crippen LogP contribution < -0.4 is 19.7 Å². The molecule has 0 aliphatic carbocycles. The van der Waals surface area contributed by atoms with E-state index in [0.29, 0.717) is 35.6 Å². The van der Waals surface area contributed by atoms with E-state index >= 15 is 0 Å². The summed E-state index contributed by atoms with van der Waals surface area (Å²) in [4.78, 5) is 37.8. The molecular formula is C22H24N2O6. The minimum Gasteiger partial charge on any atom is -0.497 e. The molecule has 2 aromatic carbocycles. The number of carbonyl (C=O) groups is 3. The van der Waals surface area contributed by atoms with E-state index < -0.39 is 11.9 Å². The van der Waals surface area contributed by atoms with E-state index in [2.05, 4.69) is 5.32 Å². The lowest BCUT2D eigenvalue weighted by Crippen LogP contribution is -2.30. The number of nitrogens with one attached hydrogen (secondary N) is 1. The molecule has 8 nitrogen and oxygen atoms in total. The van der Waals surface area contributed by atoms with Crippen molar-refractivity contribution in [3.63, 3.8) is 0 Å². The highest BCUT2D eigenvalue weighted by Gasteiger charge is 2.21. The zero-order chi connectivity index (χ0) is 21.5. The standard InChI is InChI=1S/C22H24N2O6/c1-28-18-9-10-19(29-2)16(12-18)14-30-21(26)13-23-22(27)15-5-7-17(8-6-15)24-11-3-4-20(24)25/h5-10,12H,3-4,11,13-14H2,1-2H3,(H,23,27). The van der Waals surface area contributed by atoms with E-state index in [4.69, 9.17) is 14.2 Å². The van der Waals surface area contributed by atoms with Gasteiger partial charge >= 0.3 is 5.97 Å². The summed E-state index contributed by atoms with van der Waals surface area (Å²) in [5.74, 6) is 0.304. The molecule has 0 unspecified atom stereocenters. The summed E-state index contributed by atoms with van der Waals surface area (Å²) >= 11 is 0. The molecule has 1 fully saturated rings. The Morgan fingerprint density at radius 3 is 2.47 bits per heavy atom. The van der Waals surface area contributed by atoms with Crippen molar-refractivity contribution in [2.24, 2.45) is 0 Å². The van der Waals surface area contributed by atoms with Gasteiger partial charge in [-0.25, -0.2) is 0 Å². The highest BCUT2D eigenvalue weighted by molar-refractivity contribution is 5.98. The first-order valence-corrected chi connectivity index (χ1v) is 9.57. The molecular weight excluding hydrogens is 388 g/mol. The van der Waals surface area contributed by atoms with Gasteiger partial charge in [0.15, 0.2) is 0 Å². The fourth-order valence-electron chi connectivity index (χ4n) is 3.17. The summed E-state index contributed by atoms with van der Waals surface area (Å²) < 4.78 is 15.6. The molecule has 3 rings (SSSR count). The molecule has 1 aliphatic rings. The van der Waals surface area contributed by atoms with Crippen LogP contribution in [0, 0.1) is 0 Å². The van der Waals surface area contributed by atoms with E-state index in [1.165, 1.54) is 7.11 Å². The number of hydrogen-bond donors (Lipinski definition) is 1. The number of anilines is 1. The molecule has 1 aliphatic heterocycles. The van der Waals surface area contributed by atoms with Gasteiger partial charge in [0.1, 0.15) is 24.7 Å². The Morgan fingerprint density at radius 2 is 1.83 bits per heavy atom. The topological polar surface area (TPSA) is 94.2 Å². The first-order valence-electron chi connectivity index (χ1n) is 9.57. The number of hydrogen-bond acceptors (Lipinski definition) is 6. The number of ether oxygens (including phenoxy) is 3. The number of carbonyl (C=O) groups excluding carboxylic acids is 3. The quantitative estimate of drug-likeness (QED) is 0.669. The maximum absolute atomic E-state index is 12.3. The van der Waals surface area contributed by atoms with E-state index in [9.17, 15) is 14.4 Å². The van der Waals surface area contributed by atoms with Gasteiger partial charge in [-0.3, -0.25) is 14.4 Å². The number of esters is 1. The molecule has 0 aromatic heterocycles. The lowest BCUT2D eigenvalue weighted by molar-refractivity contribution is -0.143. The van der Waals surface area contributed by atoms with Crippen molar-refractivity contribution >= 4 is 23.5 Å². The predicted molar refractivity (Wildman–Crippen MR) is 110 cm³/mol. The Balaban J connectivity index is 1.50. The van der Waals surface area contributed by atoms with Crippen LogP contribution in [0.4, 0.5) is 5.69 Å². The Morgan fingerprint density at radius 1 is 1.07 bits per heavy atom. The van der Waals surface area contributed by atoms with E-state index in [-0.39, 0.29) is 19.1 Å². The monoisotopic (exact) mass is 412 g/mol. The molecule has 1 heterocycles. The second-order valence-electron chi connectivity index (χ2n) is 6.72. The maximum atomic E-state index is 12.3. The first-order chi connectivity index (χ1) is 14.5. The van der Waals surface area contributed by atoms with Crippen LogP contribution in [0.1, 0.15) is 28.8 Å². The van der Waals surface area contributed by atoms with Gasteiger partial charge in [0, 0.05) is 29.8 Å². The molecule has 0 atom stereocenters. The van der Waals surface area contributed by atoms with Gasteiger partial charge in [-0.15, -0.1) is 0 Å². The first kappa shape index (κ1) is 21.2. The fourth-order valence-corrected chi connectivity index (χ4v) is 3.17. The summed E-state index contributed by atoms with van der Waals surface area (Å²) in [7, 11) is 3.07. The van der Waals surface area contributed by atoms with Crippen LogP contribution in [0.2, 0.25) is 0 Å². The van der Waals surface area contributed by atoms with Crippen molar-refractivity contribution in [1.29, 1.82) is 0 Å². The van der Waals surface area contributed by atoms with Crippen LogP contribution in [0.25, 0.3) is 0 Å². The summed E-state index contributed by atoms with van der Waals surface area (Å²) in [6, 6.07) is 11.9. The van der Waals surface area contributed by atoms with Gasteiger partial charge in [-0.1, -0.05) is 0 Å². The summed E-state index contributed by atoms with van der Waals surface area (Å²) in [5.41, 5.74) is 1.82. The zero-order valence-electron chi connectivity index (χ0n) is 17.0. The van der Waals surface area contributed by atoms with Crippen LogP contribution >= 0.6 is 0 Å². The van der Waals surface area contributed by atoms with Gasteiger partial charge in [-0.05, 0) is 48.9 Å². The fraction of sp³-hybridized carbons (Fsp3) is 0.318. The van der Waals surface area contributed by atoms with Crippen LogP contribution in [0.15, 0.2) is 42.5 Å². The minimum atomic E-state index is -0.576. The predicted octanol–water partition coefficient (Wildman–Crippen LogP) is 2.30. The third kappa shape index (κ3) is 5.08. The van der Waals surface area contributed by atoms with Crippen LogP contribution in [0.3, 0.4) is 0 Å². The summed E-state index contributed by atoms with van der Waals surface area (Å²) in [5, 5.41) is 2.53. The van der Waals surface area contributed by atoms with E-state index in [1.54, 1.807) is 54.5 Å². The highest BCUT2D eigenvalue weighted by atomic mass is 16.5. The lowest BCUT2D eigenvalue weighted by atomic mass is 10.2. The second kappa shape index (κ2) is 9.78. The van der Waals surface area contributed by atoms with E-state index in [1.807, 2.05) is 0 Å².